The van der Waals surface area contributed by atoms with E-state index in [9.17, 15) is 9.59 Å². The summed E-state index contributed by atoms with van der Waals surface area (Å²) in [6.07, 6.45) is 1.25. The van der Waals surface area contributed by atoms with Crippen molar-refractivity contribution in [2.45, 2.75) is 46.6 Å². The lowest BCUT2D eigenvalue weighted by atomic mass is 10.1. The van der Waals surface area contributed by atoms with Gasteiger partial charge >= 0.3 is 6.03 Å². The number of amides is 3. The number of hydrogen-bond acceptors (Lipinski definition) is 4. The topological polar surface area (TPSA) is 96.3 Å². The number of benzene rings is 1. The fourth-order valence-corrected chi connectivity index (χ4v) is 2.67. The van der Waals surface area contributed by atoms with Crippen LogP contribution in [0, 0.1) is 13.8 Å². The summed E-state index contributed by atoms with van der Waals surface area (Å²) in [5, 5.41) is 12.3. The quantitative estimate of drug-likeness (QED) is 0.740. The molecule has 0 radical (unpaired) electrons. The lowest BCUT2D eigenvalue weighted by Crippen LogP contribution is -2.31. The normalized spacial score (nSPS) is 11.7. The Morgan fingerprint density at radius 3 is 2.48 bits per heavy atom. The number of urea groups is 1. The summed E-state index contributed by atoms with van der Waals surface area (Å²) in [4.78, 5) is 23.9. The molecular formula is C18H24N4O3. The molecule has 3 N–H and O–H groups in total. The van der Waals surface area contributed by atoms with Gasteiger partial charge in [-0.05, 0) is 45.4 Å². The van der Waals surface area contributed by atoms with E-state index in [0.29, 0.717) is 23.6 Å². The fraction of sp³-hybridized carbons (Fsp3) is 0.389. The Labute approximate surface area is 147 Å². The number of aryl methyl sites for hydroxylation is 2. The van der Waals surface area contributed by atoms with Crippen molar-refractivity contribution in [3.8, 4) is 0 Å². The second-order valence-corrected chi connectivity index (χ2v) is 5.94. The predicted octanol–water partition coefficient (Wildman–Crippen LogP) is 3.91. The van der Waals surface area contributed by atoms with Crippen molar-refractivity contribution < 1.29 is 14.1 Å². The van der Waals surface area contributed by atoms with Gasteiger partial charge < -0.3 is 20.5 Å². The maximum atomic E-state index is 12.2. The Balaban J connectivity index is 1.97. The third-order valence-corrected chi connectivity index (χ3v) is 3.75. The van der Waals surface area contributed by atoms with Crippen LogP contribution in [0.25, 0.3) is 0 Å². The van der Waals surface area contributed by atoms with Gasteiger partial charge in [0.2, 0.25) is 5.91 Å². The van der Waals surface area contributed by atoms with E-state index in [2.05, 4.69) is 21.1 Å². The van der Waals surface area contributed by atoms with E-state index in [1.54, 1.807) is 24.3 Å². The molecule has 0 aliphatic heterocycles. The first-order valence-corrected chi connectivity index (χ1v) is 8.31. The van der Waals surface area contributed by atoms with E-state index in [-0.39, 0.29) is 18.0 Å². The maximum Gasteiger partial charge on any atom is 0.319 e. The second-order valence-electron chi connectivity index (χ2n) is 5.94. The predicted molar refractivity (Wildman–Crippen MR) is 96.5 cm³/mol. The summed E-state index contributed by atoms with van der Waals surface area (Å²) >= 11 is 0. The first kappa shape index (κ1) is 18.5. The van der Waals surface area contributed by atoms with Crippen molar-refractivity contribution >= 4 is 23.3 Å². The summed E-state index contributed by atoms with van der Waals surface area (Å²) in [6.45, 7) is 7.47. The van der Waals surface area contributed by atoms with Gasteiger partial charge in [-0.1, -0.05) is 18.1 Å². The van der Waals surface area contributed by atoms with Crippen LogP contribution in [-0.4, -0.2) is 17.1 Å². The molecule has 1 aromatic carbocycles. The summed E-state index contributed by atoms with van der Waals surface area (Å²) in [6, 6.07) is 6.45. The smallest absolute Gasteiger partial charge is 0.319 e. The van der Waals surface area contributed by atoms with Crippen molar-refractivity contribution in [1.29, 1.82) is 0 Å². The zero-order valence-electron chi connectivity index (χ0n) is 15.0. The number of hydrogen-bond donors (Lipinski definition) is 3. The summed E-state index contributed by atoms with van der Waals surface area (Å²) in [7, 11) is 0. The molecule has 0 fully saturated rings. The third-order valence-electron chi connectivity index (χ3n) is 3.75. The monoisotopic (exact) mass is 344 g/mol. The van der Waals surface area contributed by atoms with Crippen molar-refractivity contribution in [2.24, 2.45) is 0 Å². The van der Waals surface area contributed by atoms with Gasteiger partial charge in [0, 0.05) is 23.4 Å². The van der Waals surface area contributed by atoms with Crippen molar-refractivity contribution in [1.82, 2.24) is 10.5 Å². The molecule has 25 heavy (non-hydrogen) atoms. The largest absolute Gasteiger partial charge is 0.361 e. The molecule has 0 aliphatic carbocycles. The highest BCUT2D eigenvalue weighted by Crippen LogP contribution is 2.21. The third kappa shape index (κ3) is 5.07. The van der Waals surface area contributed by atoms with Crippen LogP contribution in [-0.2, 0) is 4.79 Å². The average molecular weight is 344 g/mol. The van der Waals surface area contributed by atoms with Gasteiger partial charge in [0.05, 0.1) is 11.7 Å². The molecule has 2 aromatic rings. The second kappa shape index (κ2) is 8.32. The van der Waals surface area contributed by atoms with E-state index in [4.69, 9.17) is 4.52 Å². The average Bonchev–Trinajstić information content (AvgIpc) is 2.86. The van der Waals surface area contributed by atoms with Gasteiger partial charge in [-0.2, -0.15) is 0 Å². The first-order valence-electron chi connectivity index (χ1n) is 8.31. The van der Waals surface area contributed by atoms with Crippen molar-refractivity contribution in [3.05, 3.63) is 41.3 Å². The Bertz CT molecular complexity index is 735. The Morgan fingerprint density at radius 2 is 1.88 bits per heavy atom. The molecule has 0 spiro atoms. The van der Waals surface area contributed by atoms with Crippen LogP contribution in [0.15, 0.2) is 28.8 Å². The molecule has 134 valence electrons. The fourth-order valence-electron chi connectivity index (χ4n) is 2.67. The van der Waals surface area contributed by atoms with Gasteiger partial charge in [0.25, 0.3) is 0 Å². The molecule has 7 nitrogen and oxygen atoms in total. The van der Waals surface area contributed by atoms with Crippen LogP contribution in [0.2, 0.25) is 0 Å². The molecule has 3 amide bonds. The van der Waals surface area contributed by atoms with Crippen molar-refractivity contribution in [2.75, 3.05) is 10.6 Å². The van der Waals surface area contributed by atoms with Crippen LogP contribution in [0.1, 0.15) is 49.7 Å². The van der Waals surface area contributed by atoms with Gasteiger partial charge in [-0.25, -0.2) is 4.79 Å². The van der Waals surface area contributed by atoms with Gasteiger partial charge in [0.15, 0.2) is 0 Å². The molecule has 0 unspecified atom stereocenters. The Kier molecular flexibility index (Phi) is 6.16. The number of carbonyl (C=O) groups excluding carboxylic acids is 2. The SMILES string of the molecule is CCCC(=O)Nc1cccc(NC(=O)N[C@H](C)c2c(C)noc2C)c1. The molecule has 0 saturated carbocycles. The molecule has 0 saturated heterocycles. The minimum atomic E-state index is -0.343. The van der Waals surface area contributed by atoms with Gasteiger partial charge in [0.1, 0.15) is 5.76 Å². The van der Waals surface area contributed by atoms with Crippen LogP contribution in [0.4, 0.5) is 16.2 Å². The molecule has 0 aliphatic rings. The summed E-state index contributed by atoms with van der Waals surface area (Å²) in [5.74, 6) is 0.641. The molecule has 7 heteroatoms. The highest BCUT2D eigenvalue weighted by Gasteiger charge is 2.18. The summed E-state index contributed by atoms with van der Waals surface area (Å²) < 4.78 is 5.13. The lowest BCUT2D eigenvalue weighted by Gasteiger charge is -2.15. The minimum absolute atomic E-state index is 0.0452. The molecule has 1 aromatic heterocycles. The van der Waals surface area contributed by atoms with E-state index in [0.717, 1.165) is 17.7 Å². The number of aromatic nitrogens is 1. The summed E-state index contributed by atoms with van der Waals surface area (Å²) in [5.41, 5.74) is 2.87. The minimum Gasteiger partial charge on any atom is -0.361 e. The van der Waals surface area contributed by atoms with E-state index in [1.807, 2.05) is 27.7 Å². The Hall–Kier alpha value is -2.83. The van der Waals surface area contributed by atoms with Gasteiger partial charge in [-0.3, -0.25) is 4.79 Å². The maximum absolute atomic E-state index is 12.2. The number of nitrogens with one attached hydrogen (secondary N) is 3. The number of carbonyl (C=O) groups is 2. The zero-order valence-corrected chi connectivity index (χ0v) is 15.0. The van der Waals surface area contributed by atoms with Crippen molar-refractivity contribution in [3.63, 3.8) is 0 Å². The van der Waals surface area contributed by atoms with E-state index >= 15 is 0 Å². The molecule has 0 bridgehead atoms. The highest BCUT2D eigenvalue weighted by atomic mass is 16.5. The number of rotatable bonds is 6. The molecule has 2 rings (SSSR count). The Morgan fingerprint density at radius 1 is 1.20 bits per heavy atom. The molecule has 1 atom stereocenters. The first-order chi connectivity index (χ1) is 11.9. The van der Waals surface area contributed by atoms with Crippen LogP contribution in [0.5, 0.6) is 0 Å². The molecule has 1 heterocycles. The van der Waals surface area contributed by atoms with Crippen LogP contribution < -0.4 is 16.0 Å². The molecular weight excluding hydrogens is 320 g/mol. The highest BCUT2D eigenvalue weighted by molar-refractivity contribution is 5.93. The zero-order chi connectivity index (χ0) is 18.4. The standard InChI is InChI=1S/C18H24N4O3/c1-5-7-16(23)20-14-8-6-9-15(10-14)21-18(24)19-11(2)17-12(3)22-25-13(17)4/h6,8-11H,5,7H2,1-4H3,(H,20,23)(H2,19,21,24)/t11-/m1/s1. The van der Waals surface area contributed by atoms with E-state index in [1.165, 1.54) is 0 Å². The van der Waals surface area contributed by atoms with Crippen LogP contribution in [0.3, 0.4) is 0 Å². The number of anilines is 2. The van der Waals surface area contributed by atoms with Gasteiger partial charge in [-0.15, -0.1) is 0 Å². The number of nitrogens with zero attached hydrogens (tertiary/aromatic N) is 1. The lowest BCUT2D eigenvalue weighted by molar-refractivity contribution is -0.116. The van der Waals surface area contributed by atoms with Crippen LogP contribution >= 0.6 is 0 Å². The van der Waals surface area contributed by atoms with E-state index < -0.39 is 0 Å².